The molecule has 0 aliphatic heterocycles. The molecule has 1 amide bonds. The van der Waals surface area contributed by atoms with E-state index in [0.29, 0.717) is 5.69 Å². The Labute approximate surface area is 96.1 Å². The number of nitrogens with zero attached hydrogens (tertiary/aromatic N) is 1. The summed E-state index contributed by atoms with van der Waals surface area (Å²) >= 11 is 0. The first kappa shape index (κ1) is 12.3. The second kappa shape index (κ2) is 4.36. The molecule has 0 heterocycles. The van der Waals surface area contributed by atoms with E-state index in [1.165, 1.54) is 0 Å². The minimum atomic E-state index is -0.630. The summed E-state index contributed by atoms with van der Waals surface area (Å²) in [5.41, 5.74) is 2.82. The van der Waals surface area contributed by atoms with E-state index in [9.17, 15) is 4.79 Å². The molecule has 1 N–H and O–H groups in total. The van der Waals surface area contributed by atoms with E-state index >= 15 is 0 Å². The van der Waals surface area contributed by atoms with Crippen molar-refractivity contribution in [2.24, 2.45) is 0 Å². The molecule has 0 fully saturated rings. The van der Waals surface area contributed by atoms with Crippen LogP contribution in [-0.4, -0.2) is 5.91 Å². The molecule has 0 aromatic heterocycles. The van der Waals surface area contributed by atoms with Gasteiger partial charge in [-0.05, 0) is 29.5 Å². The summed E-state index contributed by atoms with van der Waals surface area (Å²) in [6.07, 6.45) is 0. The minimum Gasteiger partial charge on any atom is -0.313 e. The Hall–Kier alpha value is -1.82. The van der Waals surface area contributed by atoms with Crippen molar-refractivity contribution in [1.29, 1.82) is 5.26 Å². The fourth-order valence-corrected chi connectivity index (χ4v) is 1.37. The Bertz CT molecular complexity index is 450. The van der Waals surface area contributed by atoms with E-state index in [1.807, 2.05) is 25.1 Å². The van der Waals surface area contributed by atoms with Gasteiger partial charge < -0.3 is 5.32 Å². The summed E-state index contributed by atoms with van der Waals surface area (Å²) in [5.74, 6) is -0.630. The SMILES string of the molecule is Cc1ccc(C(C)(C)C)cc1NC(=O)C#N. The molecule has 0 aliphatic rings. The van der Waals surface area contributed by atoms with Gasteiger partial charge in [0.15, 0.2) is 6.07 Å². The standard InChI is InChI=1S/C13H16N2O/c1-9-5-6-10(13(2,3)4)7-11(9)15-12(16)8-14/h5-7H,1-4H3,(H,15,16). The second-order valence-corrected chi connectivity index (χ2v) is 4.85. The zero-order valence-corrected chi connectivity index (χ0v) is 10.1. The van der Waals surface area contributed by atoms with Crippen LogP contribution in [0.3, 0.4) is 0 Å². The highest BCUT2D eigenvalue weighted by molar-refractivity contribution is 6.02. The molecular weight excluding hydrogens is 200 g/mol. The van der Waals surface area contributed by atoms with Crippen LogP contribution in [0, 0.1) is 18.3 Å². The van der Waals surface area contributed by atoms with Crippen molar-refractivity contribution in [3.8, 4) is 6.07 Å². The summed E-state index contributed by atoms with van der Waals surface area (Å²) in [6, 6.07) is 7.46. The lowest BCUT2D eigenvalue weighted by molar-refractivity contribution is -0.111. The third kappa shape index (κ3) is 2.83. The van der Waals surface area contributed by atoms with Crippen molar-refractivity contribution in [3.05, 3.63) is 29.3 Å². The molecule has 0 aliphatic carbocycles. The molecule has 1 aromatic rings. The van der Waals surface area contributed by atoms with Crippen LogP contribution in [0.5, 0.6) is 0 Å². The molecule has 1 rings (SSSR count). The van der Waals surface area contributed by atoms with Crippen LogP contribution in [0.4, 0.5) is 5.69 Å². The van der Waals surface area contributed by atoms with E-state index in [2.05, 4.69) is 26.1 Å². The van der Waals surface area contributed by atoms with Gasteiger partial charge in [-0.25, -0.2) is 0 Å². The largest absolute Gasteiger partial charge is 0.326 e. The third-order valence-electron chi connectivity index (χ3n) is 2.45. The van der Waals surface area contributed by atoms with Crippen LogP contribution < -0.4 is 5.32 Å². The number of rotatable bonds is 1. The zero-order chi connectivity index (χ0) is 12.3. The maximum atomic E-state index is 11.0. The van der Waals surface area contributed by atoms with Crippen LogP contribution >= 0.6 is 0 Å². The number of hydrogen-bond acceptors (Lipinski definition) is 2. The van der Waals surface area contributed by atoms with Gasteiger partial charge in [-0.1, -0.05) is 32.9 Å². The molecular formula is C13H16N2O. The van der Waals surface area contributed by atoms with Crippen molar-refractivity contribution in [3.63, 3.8) is 0 Å². The van der Waals surface area contributed by atoms with E-state index in [-0.39, 0.29) is 5.41 Å². The minimum absolute atomic E-state index is 0.0276. The quantitative estimate of drug-likeness (QED) is 0.734. The number of aryl methyl sites for hydroxylation is 1. The summed E-state index contributed by atoms with van der Waals surface area (Å²) < 4.78 is 0. The number of hydrogen-bond donors (Lipinski definition) is 1. The van der Waals surface area contributed by atoms with Gasteiger partial charge in [-0.15, -0.1) is 0 Å². The van der Waals surface area contributed by atoms with Crippen LogP contribution in [0.15, 0.2) is 18.2 Å². The first-order valence-corrected chi connectivity index (χ1v) is 5.17. The molecule has 1 aromatic carbocycles. The number of nitriles is 1. The highest BCUT2D eigenvalue weighted by Crippen LogP contribution is 2.26. The fourth-order valence-electron chi connectivity index (χ4n) is 1.37. The average Bonchev–Trinajstić information content (AvgIpc) is 2.19. The van der Waals surface area contributed by atoms with Gasteiger partial charge in [-0.3, -0.25) is 4.79 Å². The molecule has 3 nitrogen and oxygen atoms in total. The Kier molecular flexibility index (Phi) is 3.34. The predicted molar refractivity (Wildman–Crippen MR) is 64.1 cm³/mol. The van der Waals surface area contributed by atoms with E-state index in [1.54, 1.807) is 6.07 Å². The van der Waals surface area contributed by atoms with Gasteiger partial charge in [0.1, 0.15) is 0 Å². The zero-order valence-electron chi connectivity index (χ0n) is 10.1. The Morgan fingerprint density at radius 2 is 2.00 bits per heavy atom. The molecule has 0 saturated carbocycles. The van der Waals surface area contributed by atoms with Gasteiger partial charge in [0.25, 0.3) is 0 Å². The first-order valence-electron chi connectivity index (χ1n) is 5.17. The Morgan fingerprint density at radius 1 is 1.38 bits per heavy atom. The first-order chi connectivity index (χ1) is 7.34. The molecule has 0 unspecified atom stereocenters. The predicted octanol–water partition coefficient (Wildman–Crippen LogP) is 2.75. The summed E-state index contributed by atoms with van der Waals surface area (Å²) in [6.45, 7) is 8.22. The number of carbonyl (C=O) groups is 1. The average molecular weight is 216 g/mol. The van der Waals surface area contributed by atoms with E-state index in [4.69, 9.17) is 5.26 Å². The lowest BCUT2D eigenvalue weighted by Crippen LogP contribution is -2.14. The molecule has 0 atom stereocenters. The lowest BCUT2D eigenvalue weighted by Gasteiger charge is -2.20. The molecule has 16 heavy (non-hydrogen) atoms. The van der Waals surface area contributed by atoms with Gasteiger partial charge in [0.05, 0.1) is 0 Å². The van der Waals surface area contributed by atoms with E-state index < -0.39 is 5.91 Å². The highest BCUT2D eigenvalue weighted by Gasteiger charge is 2.15. The van der Waals surface area contributed by atoms with Gasteiger partial charge >= 0.3 is 5.91 Å². The monoisotopic (exact) mass is 216 g/mol. The Morgan fingerprint density at radius 3 is 2.50 bits per heavy atom. The van der Waals surface area contributed by atoms with Crippen LogP contribution in [0.1, 0.15) is 31.9 Å². The molecule has 0 bridgehead atoms. The van der Waals surface area contributed by atoms with Gasteiger partial charge in [0.2, 0.25) is 0 Å². The molecule has 3 heteroatoms. The molecule has 84 valence electrons. The number of carbonyl (C=O) groups excluding carboxylic acids is 1. The van der Waals surface area contributed by atoms with Crippen LogP contribution in [0.2, 0.25) is 0 Å². The number of benzene rings is 1. The van der Waals surface area contributed by atoms with Crippen molar-refractivity contribution >= 4 is 11.6 Å². The summed E-state index contributed by atoms with van der Waals surface area (Å²) in [7, 11) is 0. The normalized spacial score (nSPS) is 10.7. The van der Waals surface area contributed by atoms with Crippen molar-refractivity contribution in [1.82, 2.24) is 0 Å². The van der Waals surface area contributed by atoms with Gasteiger partial charge in [-0.2, -0.15) is 5.26 Å². The number of amides is 1. The summed E-state index contributed by atoms with van der Waals surface area (Å²) in [4.78, 5) is 11.0. The van der Waals surface area contributed by atoms with E-state index in [0.717, 1.165) is 11.1 Å². The highest BCUT2D eigenvalue weighted by atomic mass is 16.1. The molecule has 0 spiro atoms. The fraction of sp³-hybridized carbons (Fsp3) is 0.385. The maximum absolute atomic E-state index is 11.0. The van der Waals surface area contributed by atoms with Crippen molar-refractivity contribution in [2.45, 2.75) is 33.1 Å². The summed E-state index contributed by atoms with van der Waals surface area (Å²) in [5, 5.41) is 11.0. The van der Waals surface area contributed by atoms with Gasteiger partial charge in [0, 0.05) is 5.69 Å². The van der Waals surface area contributed by atoms with Crippen LogP contribution in [-0.2, 0) is 10.2 Å². The lowest BCUT2D eigenvalue weighted by atomic mass is 9.86. The molecule has 0 radical (unpaired) electrons. The molecule has 0 saturated heterocycles. The van der Waals surface area contributed by atoms with Crippen LogP contribution in [0.25, 0.3) is 0 Å². The number of nitrogens with one attached hydrogen (secondary N) is 1. The van der Waals surface area contributed by atoms with Crippen molar-refractivity contribution in [2.75, 3.05) is 5.32 Å². The smallest absolute Gasteiger partial charge is 0.313 e. The maximum Gasteiger partial charge on any atom is 0.326 e. The third-order valence-corrected chi connectivity index (χ3v) is 2.45. The van der Waals surface area contributed by atoms with Crippen molar-refractivity contribution < 1.29 is 4.79 Å². The second-order valence-electron chi connectivity index (χ2n) is 4.85. The number of anilines is 1. The topological polar surface area (TPSA) is 52.9 Å². The Balaban J connectivity index is 3.10.